The van der Waals surface area contributed by atoms with Gasteiger partial charge in [0, 0.05) is 26.6 Å². The van der Waals surface area contributed by atoms with Gasteiger partial charge in [-0.3, -0.25) is 9.59 Å². The summed E-state index contributed by atoms with van der Waals surface area (Å²) in [5.41, 5.74) is 2.65. The predicted molar refractivity (Wildman–Crippen MR) is 140 cm³/mol. The van der Waals surface area contributed by atoms with Crippen molar-refractivity contribution in [3.63, 3.8) is 0 Å². The molecule has 2 fully saturated rings. The molecule has 3 aromatic carbocycles. The van der Waals surface area contributed by atoms with E-state index in [4.69, 9.17) is 0 Å². The van der Waals surface area contributed by atoms with Gasteiger partial charge in [-0.1, -0.05) is 72.8 Å². The molecule has 0 aliphatic carbocycles. The molecule has 4 amide bonds. The standard InChI is InChI=1S/C29H30FN5O3/c1-32-20-27(36)34-25(16-21-8-4-2-5-9-21)28(37)33(18-23-10-6-3-7-11-23)19-26(34)35(32)29(38)31-17-22-12-14-24(30)15-13-22/h2-15,25-26H,16-20H2,1H3,(H,31,38)/t25-,26?/m0/s1. The van der Waals surface area contributed by atoms with E-state index in [1.54, 1.807) is 34.0 Å². The van der Waals surface area contributed by atoms with Crippen LogP contribution in [0, 0.1) is 5.82 Å². The second-order valence-corrected chi connectivity index (χ2v) is 9.64. The molecule has 2 saturated heterocycles. The van der Waals surface area contributed by atoms with Gasteiger partial charge in [-0.15, -0.1) is 0 Å². The molecule has 0 radical (unpaired) electrons. The van der Waals surface area contributed by atoms with E-state index in [-0.39, 0.29) is 37.3 Å². The van der Waals surface area contributed by atoms with Crippen molar-refractivity contribution in [2.45, 2.75) is 31.7 Å². The molecule has 2 aliphatic rings. The highest BCUT2D eigenvalue weighted by Crippen LogP contribution is 2.28. The average Bonchev–Trinajstić information content (AvgIpc) is 2.91. The number of halogens is 1. The first-order valence-electron chi connectivity index (χ1n) is 12.6. The zero-order chi connectivity index (χ0) is 26.6. The summed E-state index contributed by atoms with van der Waals surface area (Å²) in [4.78, 5) is 43.9. The van der Waals surface area contributed by atoms with Crippen LogP contribution in [0.3, 0.4) is 0 Å². The second kappa shape index (κ2) is 11.0. The second-order valence-electron chi connectivity index (χ2n) is 9.64. The number of carbonyl (C=O) groups excluding carboxylic acids is 3. The number of hydrogen-bond acceptors (Lipinski definition) is 4. The summed E-state index contributed by atoms with van der Waals surface area (Å²) in [6.07, 6.45) is -0.327. The molecular formula is C29H30FN5O3. The van der Waals surface area contributed by atoms with Gasteiger partial charge in [0.25, 0.3) is 0 Å². The van der Waals surface area contributed by atoms with Gasteiger partial charge in [0.2, 0.25) is 11.8 Å². The largest absolute Gasteiger partial charge is 0.334 e. The van der Waals surface area contributed by atoms with Crippen molar-refractivity contribution < 1.29 is 18.8 Å². The van der Waals surface area contributed by atoms with Crippen molar-refractivity contribution in [3.8, 4) is 0 Å². The highest BCUT2D eigenvalue weighted by molar-refractivity contribution is 5.91. The van der Waals surface area contributed by atoms with Gasteiger partial charge in [-0.25, -0.2) is 19.2 Å². The number of benzene rings is 3. The topological polar surface area (TPSA) is 76.2 Å². The number of urea groups is 1. The Labute approximate surface area is 221 Å². The Kier molecular flexibility index (Phi) is 7.37. The number of carbonyl (C=O) groups is 3. The van der Waals surface area contributed by atoms with Crippen LogP contribution in [0.2, 0.25) is 0 Å². The summed E-state index contributed by atoms with van der Waals surface area (Å²) in [6.45, 7) is 0.721. The number of hydrogen-bond donors (Lipinski definition) is 1. The lowest BCUT2D eigenvalue weighted by Crippen LogP contribution is -2.76. The van der Waals surface area contributed by atoms with Gasteiger partial charge in [-0.05, 0) is 28.8 Å². The predicted octanol–water partition coefficient (Wildman–Crippen LogP) is 3.01. The summed E-state index contributed by atoms with van der Waals surface area (Å²) in [6, 6.07) is 24.0. The van der Waals surface area contributed by atoms with E-state index in [9.17, 15) is 18.8 Å². The SMILES string of the molecule is CN1CC(=O)N2C(CN(Cc3ccccc3)C(=O)[C@@H]2Cc2ccccc2)N1C(=O)NCc1ccc(F)cc1. The van der Waals surface area contributed by atoms with Crippen molar-refractivity contribution in [2.24, 2.45) is 0 Å². The molecule has 9 heteroatoms. The Morgan fingerprint density at radius 3 is 2.18 bits per heavy atom. The van der Waals surface area contributed by atoms with Gasteiger partial charge in [-0.2, -0.15) is 0 Å². The van der Waals surface area contributed by atoms with E-state index in [0.717, 1.165) is 16.7 Å². The molecule has 1 N–H and O–H groups in total. The minimum Gasteiger partial charge on any atom is -0.333 e. The number of amides is 4. The van der Waals surface area contributed by atoms with Crippen molar-refractivity contribution in [3.05, 3.63) is 107 Å². The molecule has 0 aromatic heterocycles. The molecule has 0 spiro atoms. The maximum atomic E-state index is 13.8. The first kappa shape index (κ1) is 25.4. The Hall–Kier alpha value is -4.24. The third-order valence-corrected chi connectivity index (χ3v) is 6.99. The number of hydrazine groups is 1. The summed E-state index contributed by atoms with van der Waals surface area (Å²) in [5.74, 6) is -0.688. The summed E-state index contributed by atoms with van der Waals surface area (Å²) in [7, 11) is 1.69. The van der Waals surface area contributed by atoms with E-state index in [1.165, 1.54) is 17.1 Å². The molecular weight excluding hydrogens is 485 g/mol. The van der Waals surface area contributed by atoms with Gasteiger partial charge in [0.05, 0.1) is 13.1 Å². The Bertz CT molecular complexity index is 1290. The minimum atomic E-state index is -0.742. The zero-order valence-electron chi connectivity index (χ0n) is 21.2. The maximum Gasteiger partial charge on any atom is 0.334 e. The number of rotatable bonds is 6. The van der Waals surface area contributed by atoms with Crippen LogP contribution in [0.1, 0.15) is 16.7 Å². The van der Waals surface area contributed by atoms with E-state index >= 15 is 0 Å². The lowest BCUT2D eigenvalue weighted by Gasteiger charge is -2.54. The first-order chi connectivity index (χ1) is 18.4. The van der Waals surface area contributed by atoms with Crippen LogP contribution >= 0.6 is 0 Å². The number of fused-ring (bicyclic) bond motifs is 1. The van der Waals surface area contributed by atoms with Crippen LogP contribution in [0.25, 0.3) is 0 Å². The van der Waals surface area contributed by atoms with Gasteiger partial charge < -0.3 is 15.1 Å². The Morgan fingerprint density at radius 2 is 1.53 bits per heavy atom. The monoisotopic (exact) mass is 515 g/mol. The van der Waals surface area contributed by atoms with Crippen LogP contribution in [-0.2, 0) is 29.1 Å². The van der Waals surface area contributed by atoms with E-state index in [1.807, 2.05) is 60.7 Å². The lowest BCUT2D eigenvalue weighted by atomic mass is 9.98. The maximum absolute atomic E-state index is 13.8. The van der Waals surface area contributed by atoms with E-state index in [2.05, 4.69) is 5.32 Å². The summed E-state index contributed by atoms with van der Waals surface area (Å²) in [5, 5.41) is 6.01. The Morgan fingerprint density at radius 1 is 0.895 bits per heavy atom. The summed E-state index contributed by atoms with van der Waals surface area (Å²) < 4.78 is 13.3. The van der Waals surface area contributed by atoms with Crippen molar-refractivity contribution in [1.29, 1.82) is 0 Å². The fraction of sp³-hybridized carbons (Fsp3) is 0.276. The molecule has 2 aliphatic heterocycles. The summed E-state index contributed by atoms with van der Waals surface area (Å²) >= 11 is 0. The number of piperazine rings is 1. The Balaban J connectivity index is 1.43. The molecule has 3 aromatic rings. The normalized spacial score (nSPS) is 19.9. The van der Waals surface area contributed by atoms with Gasteiger partial charge >= 0.3 is 6.03 Å². The number of nitrogens with one attached hydrogen (secondary N) is 1. The molecule has 2 heterocycles. The van der Waals surface area contributed by atoms with Crippen LogP contribution in [0.5, 0.6) is 0 Å². The lowest BCUT2D eigenvalue weighted by molar-refractivity contribution is -0.187. The van der Waals surface area contributed by atoms with Crippen LogP contribution in [0.15, 0.2) is 84.9 Å². The fourth-order valence-electron chi connectivity index (χ4n) is 5.15. The molecule has 5 rings (SSSR count). The smallest absolute Gasteiger partial charge is 0.333 e. The molecule has 0 bridgehead atoms. The fourth-order valence-corrected chi connectivity index (χ4v) is 5.15. The van der Waals surface area contributed by atoms with Crippen LogP contribution < -0.4 is 5.32 Å². The van der Waals surface area contributed by atoms with Gasteiger partial charge in [0.15, 0.2) is 0 Å². The van der Waals surface area contributed by atoms with E-state index in [0.29, 0.717) is 13.0 Å². The number of nitrogens with zero attached hydrogens (tertiary/aromatic N) is 4. The third-order valence-electron chi connectivity index (χ3n) is 6.99. The highest BCUT2D eigenvalue weighted by Gasteiger charge is 2.50. The number of likely N-dealkylation sites (N-methyl/N-ethyl adjacent to an activating group) is 1. The average molecular weight is 516 g/mol. The quantitative estimate of drug-likeness (QED) is 0.548. The minimum absolute atomic E-state index is 0.0300. The zero-order valence-corrected chi connectivity index (χ0v) is 21.2. The molecule has 38 heavy (non-hydrogen) atoms. The van der Waals surface area contributed by atoms with Crippen molar-refractivity contribution in [2.75, 3.05) is 20.1 Å². The van der Waals surface area contributed by atoms with Crippen molar-refractivity contribution in [1.82, 2.24) is 25.1 Å². The van der Waals surface area contributed by atoms with Crippen LogP contribution in [0.4, 0.5) is 9.18 Å². The molecule has 196 valence electrons. The molecule has 8 nitrogen and oxygen atoms in total. The van der Waals surface area contributed by atoms with Crippen molar-refractivity contribution >= 4 is 17.8 Å². The molecule has 2 atom stereocenters. The third kappa shape index (κ3) is 5.38. The van der Waals surface area contributed by atoms with Gasteiger partial charge in [0.1, 0.15) is 18.0 Å². The van der Waals surface area contributed by atoms with Crippen LogP contribution in [-0.4, -0.2) is 70.0 Å². The first-order valence-corrected chi connectivity index (χ1v) is 12.6. The van der Waals surface area contributed by atoms with E-state index < -0.39 is 18.2 Å². The molecule has 1 unspecified atom stereocenters. The molecule has 0 saturated carbocycles. The highest BCUT2D eigenvalue weighted by atomic mass is 19.1.